The van der Waals surface area contributed by atoms with E-state index in [2.05, 4.69) is 15.2 Å². The highest BCUT2D eigenvalue weighted by Gasteiger charge is 2.24. The van der Waals surface area contributed by atoms with Crippen LogP contribution in [0.4, 0.5) is 8.78 Å². The summed E-state index contributed by atoms with van der Waals surface area (Å²) >= 11 is 0. The van der Waals surface area contributed by atoms with Gasteiger partial charge in [-0.2, -0.15) is 15.2 Å². The van der Waals surface area contributed by atoms with Crippen molar-refractivity contribution in [2.75, 3.05) is 6.61 Å². The lowest BCUT2D eigenvalue weighted by Gasteiger charge is -2.13. The van der Waals surface area contributed by atoms with Crippen molar-refractivity contribution in [3.63, 3.8) is 0 Å². The SMILES string of the molecule is Cc1nn(C)c(C)c1C(C)CC(=O)COc1cc(C(F)F)c2c(-c3ccccc3)nn(C)c2n1. The van der Waals surface area contributed by atoms with Crippen LogP contribution in [0.5, 0.6) is 5.88 Å². The first-order valence-electron chi connectivity index (χ1n) is 11.0. The van der Waals surface area contributed by atoms with Crippen molar-refractivity contribution in [3.05, 3.63) is 58.9 Å². The lowest BCUT2D eigenvalue weighted by molar-refractivity contribution is -0.121. The fourth-order valence-corrected chi connectivity index (χ4v) is 4.46. The number of rotatable bonds is 8. The van der Waals surface area contributed by atoms with Crippen LogP contribution in [0.25, 0.3) is 22.3 Å². The molecule has 1 aromatic carbocycles. The molecule has 4 rings (SSSR count). The Morgan fingerprint density at radius 2 is 1.79 bits per heavy atom. The smallest absolute Gasteiger partial charge is 0.264 e. The number of carbonyl (C=O) groups is 1. The number of ether oxygens (including phenoxy) is 1. The predicted molar refractivity (Wildman–Crippen MR) is 125 cm³/mol. The minimum absolute atomic E-state index is 0.0276. The van der Waals surface area contributed by atoms with Crippen molar-refractivity contribution in [1.29, 1.82) is 0 Å². The molecule has 1 unspecified atom stereocenters. The average molecular weight is 468 g/mol. The molecule has 0 spiro atoms. The lowest BCUT2D eigenvalue weighted by atomic mass is 9.94. The molecule has 0 fully saturated rings. The molecule has 0 saturated heterocycles. The van der Waals surface area contributed by atoms with Gasteiger partial charge in [0.05, 0.1) is 11.1 Å². The molecule has 178 valence electrons. The molecule has 1 atom stereocenters. The van der Waals surface area contributed by atoms with Crippen molar-refractivity contribution in [2.45, 2.75) is 39.5 Å². The van der Waals surface area contributed by atoms with Crippen LogP contribution in [0.1, 0.15) is 48.2 Å². The standard InChI is InChI=1S/C25H27F2N5O2/c1-14(21-15(2)29-31(4)16(21)3)11-18(33)13-34-20-12-19(24(26)27)22-23(17-9-7-6-8-10-17)30-32(5)25(22)28-20/h6-10,12,14,24H,11,13H2,1-5H3. The molecule has 0 aliphatic carbocycles. The fourth-order valence-electron chi connectivity index (χ4n) is 4.46. The minimum atomic E-state index is -2.76. The Hall–Kier alpha value is -3.62. The third kappa shape index (κ3) is 4.42. The van der Waals surface area contributed by atoms with Crippen LogP contribution in [0.15, 0.2) is 36.4 Å². The van der Waals surface area contributed by atoms with Crippen molar-refractivity contribution in [1.82, 2.24) is 24.5 Å². The van der Waals surface area contributed by atoms with Gasteiger partial charge in [-0.05, 0) is 25.3 Å². The number of halogens is 2. The first kappa shape index (κ1) is 23.5. The van der Waals surface area contributed by atoms with Gasteiger partial charge in [-0.15, -0.1) is 0 Å². The van der Waals surface area contributed by atoms with E-state index in [1.165, 1.54) is 10.7 Å². The Kier molecular flexibility index (Phi) is 6.45. The molecule has 0 aliphatic heterocycles. The van der Waals surface area contributed by atoms with Gasteiger partial charge >= 0.3 is 0 Å². The monoisotopic (exact) mass is 467 g/mol. The first-order chi connectivity index (χ1) is 16.2. The van der Waals surface area contributed by atoms with E-state index in [4.69, 9.17) is 4.74 Å². The van der Waals surface area contributed by atoms with Gasteiger partial charge in [0.15, 0.2) is 11.4 Å². The number of benzene rings is 1. The lowest BCUT2D eigenvalue weighted by Crippen LogP contribution is -2.15. The van der Waals surface area contributed by atoms with E-state index in [0.717, 1.165) is 22.5 Å². The Morgan fingerprint density at radius 3 is 2.41 bits per heavy atom. The third-order valence-electron chi connectivity index (χ3n) is 6.06. The second-order valence-electron chi connectivity index (χ2n) is 8.53. The molecule has 3 heterocycles. The van der Waals surface area contributed by atoms with E-state index in [9.17, 15) is 13.6 Å². The molecule has 7 nitrogen and oxygen atoms in total. The summed E-state index contributed by atoms with van der Waals surface area (Å²) in [7, 11) is 3.51. The Labute approximate surface area is 196 Å². The second kappa shape index (κ2) is 9.32. The van der Waals surface area contributed by atoms with Gasteiger partial charge in [0.2, 0.25) is 5.88 Å². The maximum atomic E-state index is 14.0. The molecule has 0 bridgehead atoms. The summed E-state index contributed by atoms with van der Waals surface area (Å²) in [4.78, 5) is 17.0. The number of alkyl halides is 2. The zero-order valence-corrected chi connectivity index (χ0v) is 19.8. The Bertz CT molecular complexity index is 1340. The van der Waals surface area contributed by atoms with Crippen molar-refractivity contribution < 1.29 is 18.3 Å². The number of ketones is 1. The van der Waals surface area contributed by atoms with Gasteiger partial charge in [-0.25, -0.2) is 13.5 Å². The maximum Gasteiger partial charge on any atom is 0.264 e. The Balaban J connectivity index is 1.57. The number of hydrogen-bond acceptors (Lipinski definition) is 5. The van der Waals surface area contributed by atoms with Crippen LogP contribution >= 0.6 is 0 Å². The molecule has 0 radical (unpaired) electrons. The molecule has 0 aliphatic rings. The van der Waals surface area contributed by atoms with Gasteiger partial charge in [0.1, 0.15) is 12.3 Å². The molecular weight excluding hydrogens is 440 g/mol. The molecule has 4 aromatic rings. The van der Waals surface area contributed by atoms with Crippen LogP contribution in [-0.4, -0.2) is 36.9 Å². The molecule has 0 saturated carbocycles. The summed E-state index contributed by atoms with van der Waals surface area (Å²) in [6, 6.07) is 10.3. The molecular formula is C25H27F2N5O2. The van der Waals surface area contributed by atoms with Crippen molar-refractivity contribution in [3.8, 4) is 17.1 Å². The summed E-state index contributed by atoms with van der Waals surface area (Å²) in [5, 5.41) is 9.10. The van der Waals surface area contributed by atoms with E-state index in [1.54, 1.807) is 11.7 Å². The molecule has 34 heavy (non-hydrogen) atoms. The number of Topliss-reactive ketones (excluding diaryl/α,β-unsaturated/α-hetero) is 1. The number of aromatic nitrogens is 5. The van der Waals surface area contributed by atoms with Gasteiger partial charge in [-0.3, -0.25) is 9.48 Å². The summed E-state index contributed by atoms with van der Waals surface area (Å²) in [6.45, 7) is 5.60. The summed E-state index contributed by atoms with van der Waals surface area (Å²) in [6.07, 6.45) is -2.51. The van der Waals surface area contributed by atoms with Crippen molar-refractivity contribution >= 4 is 16.8 Å². The van der Waals surface area contributed by atoms with Crippen molar-refractivity contribution in [2.24, 2.45) is 14.1 Å². The van der Waals surface area contributed by atoms with Crippen LogP contribution in [0.3, 0.4) is 0 Å². The maximum absolute atomic E-state index is 14.0. The largest absolute Gasteiger partial charge is 0.470 e. The van der Waals surface area contributed by atoms with E-state index < -0.39 is 6.43 Å². The predicted octanol–water partition coefficient (Wildman–Crippen LogP) is 5.06. The number of hydrogen-bond donors (Lipinski definition) is 0. The normalized spacial score (nSPS) is 12.5. The average Bonchev–Trinajstić information content (AvgIpc) is 3.27. The second-order valence-corrected chi connectivity index (χ2v) is 8.53. The number of nitrogens with zero attached hydrogens (tertiary/aromatic N) is 5. The molecule has 0 amide bonds. The fraction of sp³-hybridized carbons (Fsp3) is 0.360. The number of fused-ring (bicyclic) bond motifs is 1. The summed E-state index contributed by atoms with van der Waals surface area (Å²) < 4.78 is 36.9. The highest BCUT2D eigenvalue weighted by molar-refractivity contribution is 5.94. The van der Waals surface area contributed by atoms with E-state index >= 15 is 0 Å². The number of pyridine rings is 1. The summed E-state index contributed by atoms with van der Waals surface area (Å²) in [5.41, 5.74) is 4.13. The van der Waals surface area contributed by atoms with E-state index in [1.807, 2.05) is 58.2 Å². The highest BCUT2D eigenvalue weighted by Crippen LogP contribution is 2.36. The quantitative estimate of drug-likeness (QED) is 0.362. The first-order valence-corrected chi connectivity index (χ1v) is 11.0. The zero-order chi connectivity index (χ0) is 24.6. The van der Waals surface area contributed by atoms with Gasteiger partial charge in [-0.1, -0.05) is 37.3 Å². The topological polar surface area (TPSA) is 74.8 Å². The number of carbonyl (C=O) groups excluding carboxylic acids is 1. The van der Waals surface area contributed by atoms with Crippen LogP contribution in [0.2, 0.25) is 0 Å². The van der Waals surface area contributed by atoms with Gasteiger partial charge < -0.3 is 4.74 Å². The van der Waals surface area contributed by atoms with Crippen LogP contribution < -0.4 is 4.74 Å². The Morgan fingerprint density at radius 1 is 1.09 bits per heavy atom. The van der Waals surface area contributed by atoms with Gasteiger partial charge in [0.25, 0.3) is 6.43 Å². The van der Waals surface area contributed by atoms with E-state index in [0.29, 0.717) is 5.69 Å². The minimum Gasteiger partial charge on any atom is -0.470 e. The van der Waals surface area contributed by atoms with Crippen LogP contribution in [-0.2, 0) is 18.9 Å². The number of aryl methyl sites for hydroxylation is 3. The zero-order valence-electron chi connectivity index (χ0n) is 19.8. The van der Waals surface area contributed by atoms with Crippen LogP contribution in [0, 0.1) is 13.8 Å². The third-order valence-corrected chi connectivity index (χ3v) is 6.06. The summed E-state index contributed by atoms with van der Waals surface area (Å²) in [5.74, 6) is -0.215. The molecule has 0 N–H and O–H groups in total. The van der Waals surface area contributed by atoms with Gasteiger partial charge in [0, 0.05) is 43.4 Å². The molecule has 3 aromatic heterocycles. The molecule has 9 heteroatoms. The van der Waals surface area contributed by atoms with E-state index in [-0.39, 0.29) is 47.2 Å². The highest BCUT2D eigenvalue weighted by atomic mass is 19.3.